The van der Waals surface area contributed by atoms with Gasteiger partial charge in [0.1, 0.15) is 5.75 Å². The van der Waals surface area contributed by atoms with Crippen LogP contribution in [0.5, 0.6) is 5.75 Å². The number of piperazine rings is 1. The number of nitrogens with one attached hydrogen (secondary N) is 1. The Balaban J connectivity index is 1.43. The van der Waals surface area contributed by atoms with E-state index in [1.54, 1.807) is 12.0 Å². The summed E-state index contributed by atoms with van der Waals surface area (Å²) in [6.45, 7) is 2.36. The lowest BCUT2D eigenvalue weighted by atomic mass is 10.0. The van der Waals surface area contributed by atoms with Gasteiger partial charge in [-0.1, -0.05) is 37.8 Å². The van der Waals surface area contributed by atoms with Crippen molar-refractivity contribution in [1.82, 2.24) is 9.80 Å². The number of rotatable bonds is 5. The van der Waals surface area contributed by atoms with Crippen LogP contribution in [0.1, 0.15) is 38.5 Å². The molecular formula is C20H29N3O3. The van der Waals surface area contributed by atoms with Gasteiger partial charge in [0.2, 0.25) is 5.91 Å². The van der Waals surface area contributed by atoms with Crippen LogP contribution in [-0.4, -0.2) is 55.0 Å². The highest BCUT2D eigenvalue weighted by molar-refractivity contribution is 5.91. The van der Waals surface area contributed by atoms with E-state index >= 15 is 0 Å². The van der Waals surface area contributed by atoms with Crippen molar-refractivity contribution in [1.29, 1.82) is 0 Å². The average Bonchev–Trinajstić information content (AvgIpc) is 3.20. The molecule has 1 aliphatic heterocycles. The van der Waals surface area contributed by atoms with Gasteiger partial charge in [0.15, 0.2) is 0 Å². The SMILES string of the molecule is COc1ccccc1NC(=O)N1CCN(C(=O)CCC2CCCC2)CC1. The van der Waals surface area contributed by atoms with Gasteiger partial charge < -0.3 is 19.9 Å². The summed E-state index contributed by atoms with van der Waals surface area (Å²) < 4.78 is 5.26. The zero-order valence-corrected chi connectivity index (χ0v) is 15.6. The lowest BCUT2D eigenvalue weighted by Gasteiger charge is -2.35. The predicted octanol–water partition coefficient (Wildman–Crippen LogP) is 3.34. The summed E-state index contributed by atoms with van der Waals surface area (Å²) >= 11 is 0. The molecule has 142 valence electrons. The van der Waals surface area contributed by atoms with E-state index in [2.05, 4.69) is 5.32 Å². The van der Waals surface area contributed by atoms with E-state index in [1.165, 1.54) is 25.7 Å². The van der Waals surface area contributed by atoms with Crippen molar-refractivity contribution < 1.29 is 14.3 Å². The van der Waals surface area contributed by atoms with Crippen molar-refractivity contribution in [2.45, 2.75) is 38.5 Å². The van der Waals surface area contributed by atoms with Gasteiger partial charge in [-0.05, 0) is 24.5 Å². The molecule has 2 fully saturated rings. The Morgan fingerprint density at radius 3 is 2.42 bits per heavy atom. The first-order valence-corrected chi connectivity index (χ1v) is 9.64. The van der Waals surface area contributed by atoms with E-state index in [1.807, 2.05) is 29.2 Å². The van der Waals surface area contributed by atoms with Gasteiger partial charge in [-0.15, -0.1) is 0 Å². The average molecular weight is 359 g/mol. The summed E-state index contributed by atoms with van der Waals surface area (Å²) in [4.78, 5) is 28.5. The number of anilines is 1. The summed E-state index contributed by atoms with van der Waals surface area (Å²) in [6.07, 6.45) is 6.87. The zero-order valence-electron chi connectivity index (χ0n) is 15.6. The molecule has 0 spiro atoms. The summed E-state index contributed by atoms with van der Waals surface area (Å²) in [7, 11) is 1.58. The summed E-state index contributed by atoms with van der Waals surface area (Å²) in [5, 5.41) is 2.90. The highest BCUT2D eigenvalue weighted by Gasteiger charge is 2.25. The standard InChI is InChI=1S/C20H29N3O3/c1-26-18-9-5-4-8-17(18)21-20(25)23-14-12-22(13-15-23)19(24)11-10-16-6-2-3-7-16/h4-5,8-9,16H,2-3,6-7,10-15H2,1H3,(H,21,25). The molecule has 1 heterocycles. The smallest absolute Gasteiger partial charge is 0.322 e. The molecule has 0 unspecified atom stereocenters. The summed E-state index contributed by atoms with van der Waals surface area (Å²) in [5.41, 5.74) is 0.662. The largest absolute Gasteiger partial charge is 0.495 e. The van der Waals surface area contributed by atoms with E-state index in [-0.39, 0.29) is 11.9 Å². The molecule has 0 bridgehead atoms. The lowest BCUT2D eigenvalue weighted by molar-refractivity contribution is -0.132. The maximum Gasteiger partial charge on any atom is 0.322 e. The third-order valence-corrected chi connectivity index (χ3v) is 5.51. The first-order chi connectivity index (χ1) is 12.7. The van der Waals surface area contributed by atoms with Gasteiger partial charge in [0.25, 0.3) is 0 Å². The maximum atomic E-state index is 12.5. The van der Waals surface area contributed by atoms with Gasteiger partial charge in [-0.3, -0.25) is 4.79 Å². The van der Waals surface area contributed by atoms with Crippen LogP contribution in [0.25, 0.3) is 0 Å². The molecule has 1 aromatic carbocycles. The molecule has 0 aromatic heterocycles. The van der Waals surface area contributed by atoms with Gasteiger partial charge in [0, 0.05) is 32.6 Å². The van der Waals surface area contributed by atoms with Crippen LogP contribution in [0.3, 0.4) is 0 Å². The number of amides is 3. The van der Waals surface area contributed by atoms with Crippen LogP contribution in [-0.2, 0) is 4.79 Å². The molecule has 1 saturated carbocycles. The van der Waals surface area contributed by atoms with E-state index < -0.39 is 0 Å². The first-order valence-electron chi connectivity index (χ1n) is 9.64. The monoisotopic (exact) mass is 359 g/mol. The second kappa shape index (κ2) is 8.92. The Morgan fingerprint density at radius 2 is 1.73 bits per heavy atom. The molecule has 26 heavy (non-hydrogen) atoms. The normalized spacial score (nSPS) is 18.0. The van der Waals surface area contributed by atoms with Crippen LogP contribution < -0.4 is 10.1 Å². The molecule has 0 atom stereocenters. The maximum absolute atomic E-state index is 12.5. The highest BCUT2D eigenvalue weighted by atomic mass is 16.5. The third-order valence-electron chi connectivity index (χ3n) is 5.51. The summed E-state index contributed by atoms with van der Waals surface area (Å²) in [5.74, 6) is 1.62. The molecule has 1 aromatic rings. The molecule has 0 radical (unpaired) electrons. The Labute approximate surface area is 155 Å². The summed E-state index contributed by atoms with van der Waals surface area (Å²) in [6, 6.07) is 7.21. The van der Waals surface area contributed by atoms with E-state index in [4.69, 9.17) is 4.74 Å². The van der Waals surface area contributed by atoms with E-state index in [0.717, 1.165) is 12.3 Å². The van der Waals surface area contributed by atoms with Gasteiger partial charge in [-0.2, -0.15) is 0 Å². The minimum Gasteiger partial charge on any atom is -0.495 e. The number of para-hydroxylation sites is 2. The predicted molar refractivity (Wildman–Crippen MR) is 101 cm³/mol. The van der Waals surface area contributed by atoms with Crippen LogP contribution in [0.2, 0.25) is 0 Å². The molecule has 6 heteroatoms. The Bertz CT molecular complexity index is 620. The molecule has 3 amide bonds. The number of nitrogens with zero attached hydrogens (tertiary/aromatic N) is 2. The van der Waals surface area contributed by atoms with Gasteiger partial charge in [-0.25, -0.2) is 4.79 Å². The van der Waals surface area contributed by atoms with Gasteiger partial charge in [0.05, 0.1) is 12.8 Å². The van der Waals surface area contributed by atoms with Crippen molar-refractivity contribution in [3.05, 3.63) is 24.3 Å². The Kier molecular flexibility index (Phi) is 6.36. The Hall–Kier alpha value is -2.24. The molecule has 1 aliphatic carbocycles. The molecule has 3 rings (SSSR count). The van der Waals surface area contributed by atoms with Crippen molar-refractivity contribution >= 4 is 17.6 Å². The van der Waals surface area contributed by atoms with Crippen molar-refractivity contribution in [2.75, 3.05) is 38.6 Å². The van der Waals surface area contributed by atoms with Crippen LogP contribution in [0, 0.1) is 5.92 Å². The number of hydrogen-bond donors (Lipinski definition) is 1. The Morgan fingerprint density at radius 1 is 1.08 bits per heavy atom. The van der Waals surface area contributed by atoms with Crippen LogP contribution in [0.4, 0.5) is 10.5 Å². The molecular weight excluding hydrogens is 330 g/mol. The third kappa shape index (κ3) is 4.68. The lowest BCUT2D eigenvalue weighted by Crippen LogP contribution is -2.51. The fourth-order valence-corrected chi connectivity index (χ4v) is 3.89. The van der Waals surface area contributed by atoms with Crippen molar-refractivity contribution in [3.63, 3.8) is 0 Å². The number of carbonyl (C=O) groups excluding carboxylic acids is 2. The number of urea groups is 1. The number of benzene rings is 1. The number of hydrogen-bond acceptors (Lipinski definition) is 3. The topological polar surface area (TPSA) is 61.9 Å². The second-order valence-corrected chi connectivity index (χ2v) is 7.19. The molecule has 1 N–H and O–H groups in total. The molecule has 2 aliphatic rings. The minimum atomic E-state index is -0.146. The fraction of sp³-hybridized carbons (Fsp3) is 0.600. The van der Waals surface area contributed by atoms with Crippen molar-refractivity contribution in [3.8, 4) is 5.75 Å². The fourth-order valence-electron chi connectivity index (χ4n) is 3.89. The van der Waals surface area contributed by atoms with E-state index in [9.17, 15) is 9.59 Å². The van der Waals surface area contributed by atoms with Gasteiger partial charge >= 0.3 is 6.03 Å². The highest BCUT2D eigenvalue weighted by Crippen LogP contribution is 2.29. The van der Waals surface area contributed by atoms with Crippen LogP contribution >= 0.6 is 0 Å². The zero-order chi connectivity index (χ0) is 18.4. The molecule has 1 saturated heterocycles. The van der Waals surface area contributed by atoms with Crippen molar-refractivity contribution in [2.24, 2.45) is 5.92 Å². The molecule has 6 nitrogen and oxygen atoms in total. The van der Waals surface area contributed by atoms with E-state index in [0.29, 0.717) is 44.0 Å². The quantitative estimate of drug-likeness (QED) is 0.877. The number of methoxy groups -OCH3 is 1. The first kappa shape index (κ1) is 18.5. The van der Waals surface area contributed by atoms with Crippen LogP contribution in [0.15, 0.2) is 24.3 Å². The number of carbonyl (C=O) groups is 2. The minimum absolute atomic E-state index is 0.146. The second-order valence-electron chi connectivity index (χ2n) is 7.19. The number of ether oxygens (including phenoxy) is 1.